The number of amides is 1. The number of nitrogens with one attached hydrogen (secondary N) is 1. The Morgan fingerprint density at radius 1 is 1.20 bits per heavy atom. The first-order valence-electron chi connectivity index (χ1n) is 7.72. The predicted octanol–water partition coefficient (Wildman–Crippen LogP) is 3.08. The number of benzene rings is 1. The van der Waals surface area contributed by atoms with E-state index in [9.17, 15) is 4.79 Å². The molecule has 3 heteroatoms. The summed E-state index contributed by atoms with van der Waals surface area (Å²) in [6.45, 7) is 9.14. The third-order valence-corrected chi connectivity index (χ3v) is 4.03. The van der Waals surface area contributed by atoms with Gasteiger partial charge in [0.25, 0.3) is 0 Å². The van der Waals surface area contributed by atoms with Gasteiger partial charge in [-0.2, -0.15) is 0 Å². The molecule has 2 rings (SSSR count). The van der Waals surface area contributed by atoms with Crippen molar-refractivity contribution in [3.05, 3.63) is 35.4 Å². The molecule has 0 saturated carbocycles. The molecule has 1 N–H and O–H groups in total. The molecular weight excluding hydrogens is 248 g/mol. The maximum atomic E-state index is 11.8. The van der Waals surface area contributed by atoms with Crippen LogP contribution in [0.1, 0.15) is 56.7 Å². The van der Waals surface area contributed by atoms with Crippen molar-refractivity contribution >= 4 is 5.91 Å². The van der Waals surface area contributed by atoms with Crippen molar-refractivity contribution in [1.29, 1.82) is 0 Å². The lowest BCUT2D eigenvalue weighted by Gasteiger charge is -2.25. The van der Waals surface area contributed by atoms with Crippen LogP contribution in [0, 0.1) is 0 Å². The lowest BCUT2D eigenvalue weighted by Crippen LogP contribution is -2.35. The number of hydrogen-bond donors (Lipinski definition) is 1. The van der Waals surface area contributed by atoms with E-state index >= 15 is 0 Å². The van der Waals surface area contributed by atoms with Crippen LogP contribution in [0.25, 0.3) is 0 Å². The molecule has 1 fully saturated rings. The van der Waals surface area contributed by atoms with Crippen LogP contribution in [0.15, 0.2) is 24.3 Å². The van der Waals surface area contributed by atoms with E-state index in [2.05, 4.69) is 50.4 Å². The summed E-state index contributed by atoms with van der Waals surface area (Å²) in [6.07, 6.45) is 1.72. The average molecular weight is 274 g/mol. The van der Waals surface area contributed by atoms with Gasteiger partial charge in [-0.3, -0.25) is 4.79 Å². The Labute approximate surface area is 122 Å². The fourth-order valence-electron chi connectivity index (χ4n) is 2.76. The summed E-state index contributed by atoms with van der Waals surface area (Å²) in [6, 6.07) is 9.04. The Kier molecular flexibility index (Phi) is 5.18. The Morgan fingerprint density at radius 3 is 2.35 bits per heavy atom. The molecule has 20 heavy (non-hydrogen) atoms. The second-order valence-corrected chi connectivity index (χ2v) is 5.87. The molecular formula is C17H26N2O. The summed E-state index contributed by atoms with van der Waals surface area (Å²) in [7, 11) is 0. The fraction of sp³-hybridized carbons (Fsp3) is 0.588. The molecule has 0 radical (unpaired) electrons. The lowest BCUT2D eigenvalue weighted by molar-refractivity contribution is -0.128. The van der Waals surface area contributed by atoms with E-state index in [1.807, 2.05) is 4.90 Å². The van der Waals surface area contributed by atoms with E-state index < -0.39 is 0 Å². The van der Waals surface area contributed by atoms with Gasteiger partial charge in [0.05, 0.1) is 0 Å². The highest BCUT2D eigenvalue weighted by atomic mass is 16.2. The number of likely N-dealkylation sites (tertiary alicyclic amines) is 1. The molecule has 0 aliphatic carbocycles. The van der Waals surface area contributed by atoms with Gasteiger partial charge in [0, 0.05) is 25.6 Å². The average Bonchev–Trinajstić information content (AvgIpc) is 2.84. The second kappa shape index (κ2) is 6.89. The Bertz CT molecular complexity index is 439. The smallest absolute Gasteiger partial charge is 0.222 e. The van der Waals surface area contributed by atoms with E-state index in [0.717, 1.165) is 26.1 Å². The molecule has 1 aliphatic heterocycles. The largest absolute Gasteiger partial charge is 0.341 e. The normalized spacial score (nSPS) is 17.0. The van der Waals surface area contributed by atoms with E-state index in [0.29, 0.717) is 18.2 Å². The molecule has 1 atom stereocenters. The van der Waals surface area contributed by atoms with Crippen molar-refractivity contribution in [2.75, 3.05) is 19.6 Å². The van der Waals surface area contributed by atoms with Gasteiger partial charge in [0.15, 0.2) is 0 Å². The summed E-state index contributed by atoms with van der Waals surface area (Å²) >= 11 is 0. The molecule has 110 valence electrons. The summed E-state index contributed by atoms with van der Waals surface area (Å²) in [5, 5.41) is 3.50. The third-order valence-electron chi connectivity index (χ3n) is 4.03. The van der Waals surface area contributed by atoms with E-state index in [1.165, 1.54) is 11.1 Å². The minimum absolute atomic E-state index is 0.239. The number of nitrogens with zero attached hydrogens (tertiary/aromatic N) is 1. The first kappa shape index (κ1) is 15.0. The van der Waals surface area contributed by atoms with Crippen LogP contribution in [0.5, 0.6) is 0 Å². The van der Waals surface area contributed by atoms with Gasteiger partial charge in [-0.15, -0.1) is 0 Å². The minimum Gasteiger partial charge on any atom is -0.341 e. The second-order valence-electron chi connectivity index (χ2n) is 5.87. The fourth-order valence-corrected chi connectivity index (χ4v) is 2.76. The number of rotatable bonds is 6. The van der Waals surface area contributed by atoms with Crippen LogP contribution in [0.3, 0.4) is 0 Å². The molecule has 1 aromatic carbocycles. The van der Waals surface area contributed by atoms with Crippen molar-refractivity contribution in [1.82, 2.24) is 10.2 Å². The van der Waals surface area contributed by atoms with Crippen LogP contribution in [-0.2, 0) is 4.79 Å². The number of likely N-dealkylation sites (N-methyl/N-ethyl adjacent to an activating group) is 1. The molecule has 0 bridgehead atoms. The van der Waals surface area contributed by atoms with Crippen LogP contribution in [0.2, 0.25) is 0 Å². The maximum Gasteiger partial charge on any atom is 0.222 e. The molecule has 1 unspecified atom stereocenters. The quantitative estimate of drug-likeness (QED) is 0.864. The summed E-state index contributed by atoms with van der Waals surface area (Å²) < 4.78 is 0. The minimum atomic E-state index is 0.239. The number of carbonyl (C=O) groups excluding carboxylic acids is 1. The van der Waals surface area contributed by atoms with Crippen LogP contribution < -0.4 is 5.32 Å². The van der Waals surface area contributed by atoms with Gasteiger partial charge in [-0.1, -0.05) is 45.0 Å². The van der Waals surface area contributed by atoms with E-state index in [-0.39, 0.29) is 6.04 Å². The van der Waals surface area contributed by atoms with E-state index in [4.69, 9.17) is 0 Å². The summed E-state index contributed by atoms with van der Waals surface area (Å²) in [5.74, 6) is 0.855. The highest BCUT2D eigenvalue weighted by Gasteiger charge is 2.23. The molecule has 1 amide bonds. The SMILES string of the molecule is CCNC(CN1CCCC1=O)c1ccc(C(C)C)cc1. The Morgan fingerprint density at radius 2 is 1.85 bits per heavy atom. The van der Waals surface area contributed by atoms with Crippen molar-refractivity contribution in [3.63, 3.8) is 0 Å². The molecule has 0 spiro atoms. The molecule has 1 aromatic rings. The van der Waals surface area contributed by atoms with Crippen LogP contribution >= 0.6 is 0 Å². The van der Waals surface area contributed by atoms with Gasteiger partial charge < -0.3 is 10.2 Å². The zero-order chi connectivity index (χ0) is 14.5. The number of carbonyl (C=O) groups is 1. The van der Waals surface area contributed by atoms with Crippen molar-refractivity contribution in [2.45, 2.75) is 45.6 Å². The number of hydrogen-bond acceptors (Lipinski definition) is 2. The first-order chi connectivity index (χ1) is 9.61. The van der Waals surface area contributed by atoms with Crippen molar-refractivity contribution < 1.29 is 4.79 Å². The molecule has 1 saturated heterocycles. The zero-order valence-corrected chi connectivity index (χ0v) is 12.9. The Hall–Kier alpha value is -1.35. The highest BCUT2D eigenvalue weighted by molar-refractivity contribution is 5.78. The lowest BCUT2D eigenvalue weighted by atomic mass is 9.99. The van der Waals surface area contributed by atoms with Gasteiger partial charge in [-0.05, 0) is 30.0 Å². The summed E-state index contributed by atoms with van der Waals surface area (Å²) in [4.78, 5) is 13.8. The van der Waals surface area contributed by atoms with Gasteiger partial charge in [-0.25, -0.2) is 0 Å². The highest BCUT2D eigenvalue weighted by Crippen LogP contribution is 2.21. The monoisotopic (exact) mass is 274 g/mol. The molecule has 1 heterocycles. The van der Waals surface area contributed by atoms with E-state index in [1.54, 1.807) is 0 Å². The first-order valence-corrected chi connectivity index (χ1v) is 7.72. The standard InChI is InChI=1S/C17H26N2O/c1-4-18-16(12-19-11-5-6-17(19)20)15-9-7-14(8-10-15)13(2)3/h7-10,13,16,18H,4-6,11-12H2,1-3H3. The van der Waals surface area contributed by atoms with Crippen molar-refractivity contribution in [3.8, 4) is 0 Å². The maximum absolute atomic E-state index is 11.8. The Balaban J connectivity index is 2.08. The van der Waals surface area contributed by atoms with Crippen molar-refractivity contribution in [2.24, 2.45) is 0 Å². The predicted molar refractivity (Wildman–Crippen MR) is 82.8 cm³/mol. The van der Waals surface area contributed by atoms with Gasteiger partial charge in [0.2, 0.25) is 5.91 Å². The zero-order valence-electron chi connectivity index (χ0n) is 12.9. The van der Waals surface area contributed by atoms with Gasteiger partial charge in [0.1, 0.15) is 0 Å². The molecule has 3 nitrogen and oxygen atoms in total. The van der Waals surface area contributed by atoms with Crippen LogP contribution in [-0.4, -0.2) is 30.4 Å². The molecule has 1 aliphatic rings. The third kappa shape index (κ3) is 3.60. The van der Waals surface area contributed by atoms with Crippen LogP contribution in [0.4, 0.5) is 0 Å². The molecule has 0 aromatic heterocycles. The summed E-state index contributed by atoms with van der Waals surface area (Å²) in [5.41, 5.74) is 2.64. The van der Waals surface area contributed by atoms with Gasteiger partial charge >= 0.3 is 0 Å². The topological polar surface area (TPSA) is 32.3 Å².